The van der Waals surface area contributed by atoms with Crippen molar-refractivity contribution in [2.24, 2.45) is 5.73 Å². The molecule has 0 fully saturated rings. The van der Waals surface area contributed by atoms with Crippen LogP contribution in [0.2, 0.25) is 0 Å². The van der Waals surface area contributed by atoms with Crippen molar-refractivity contribution in [3.63, 3.8) is 0 Å². The lowest BCUT2D eigenvalue weighted by Gasteiger charge is -2.03. The number of nitrogens with two attached hydrogens (primary N) is 1. The zero-order chi connectivity index (χ0) is 11.3. The highest BCUT2D eigenvalue weighted by molar-refractivity contribution is 8.01. The van der Waals surface area contributed by atoms with Gasteiger partial charge in [-0.05, 0) is 6.42 Å². The van der Waals surface area contributed by atoms with Gasteiger partial charge in [-0.15, -0.1) is 10.2 Å². The summed E-state index contributed by atoms with van der Waals surface area (Å²) >= 11 is 3.25. The van der Waals surface area contributed by atoms with Crippen molar-refractivity contribution in [3.05, 3.63) is 0 Å². The van der Waals surface area contributed by atoms with Crippen LogP contribution in [0.1, 0.15) is 12.8 Å². The second-order valence-electron chi connectivity index (χ2n) is 3.22. The van der Waals surface area contributed by atoms with Crippen LogP contribution in [-0.4, -0.2) is 35.9 Å². The summed E-state index contributed by atoms with van der Waals surface area (Å²) in [4.78, 5) is 1.94. The minimum Gasteiger partial charge on any atom is -0.388 e. The smallest absolute Gasteiger partial charge is 0.208 e. The maximum Gasteiger partial charge on any atom is 0.208 e. The molecule has 0 amide bonds. The van der Waals surface area contributed by atoms with Gasteiger partial charge in [0.2, 0.25) is 5.13 Å². The average molecular weight is 245 g/mol. The Hall–Kier alpha value is -0.820. The predicted molar refractivity (Wildman–Crippen MR) is 66.1 cm³/mol. The van der Waals surface area contributed by atoms with Crippen LogP contribution < -0.4 is 10.6 Å². The quantitative estimate of drug-likeness (QED) is 0.343. The summed E-state index contributed by atoms with van der Waals surface area (Å²) in [6, 6.07) is 0. The number of amidine groups is 1. The first kappa shape index (κ1) is 12.3. The Morgan fingerprint density at radius 1 is 1.53 bits per heavy atom. The van der Waals surface area contributed by atoms with Gasteiger partial charge in [-0.25, -0.2) is 0 Å². The minimum absolute atomic E-state index is 0.252. The molecule has 1 aromatic rings. The van der Waals surface area contributed by atoms with Crippen LogP contribution >= 0.6 is 23.1 Å². The zero-order valence-electron chi connectivity index (χ0n) is 8.86. The third kappa shape index (κ3) is 4.48. The Morgan fingerprint density at radius 2 is 2.27 bits per heavy atom. The molecule has 7 heteroatoms. The summed E-state index contributed by atoms with van der Waals surface area (Å²) in [5, 5.41) is 16.1. The van der Waals surface area contributed by atoms with Crippen LogP contribution in [0, 0.1) is 5.41 Å². The van der Waals surface area contributed by atoms with Crippen molar-refractivity contribution < 1.29 is 0 Å². The summed E-state index contributed by atoms with van der Waals surface area (Å²) in [6.45, 7) is 0. The molecule has 0 saturated carbocycles. The minimum atomic E-state index is 0.252. The van der Waals surface area contributed by atoms with Crippen molar-refractivity contribution in [2.45, 2.75) is 17.2 Å². The molecule has 15 heavy (non-hydrogen) atoms. The van der Waals surface area contributed by atoms with Crippen molar-refractivity contribution in [2.75, 3.05) is 24.7 Å². The van der Waals surface area contributed by atoms with E-state index < -0.39 is 0 Å². The van der Waals surface area contributed by atoms with Gasteiger partial charge < -0.3 is 10.6 Å². The average Bonchev–Trinajstić information content (AvgIpc) is 2.60. The predicted octanol–water partition coefficient (Wildman–Crippen LogP) is 1.41. The van der Waals surface area contributed by atoms with Crippen molar-refractivity contribution in [1.29, 1.82) is 5.41 Å². The number of thioether (sulfide) groups is 1. The molecule has 0 saturated heterocycles. The molecule has 5 nitrogen and oxygen atoms in total. The molecule has 84 valence electrons. The molecule has 1 heterocycles. The van der Waals surface area contributed by atoms with Gasteiger partial charge in [0.25, 0.3) is 0 Å². The first-order valence-corrected chi connectivity index (χ1v) is 6.36. The highest BCUT2D eigenvalue weighted by Crippen LogP contribution is 2.27. The normalized spacial score (nSPS) is 10.3. The molecule has 0 spiro atoms. The molecule has 0 aliphatic heterocycles. The Labute approximate surface area is 97.6 Å². The molecule has 0 aliphatic rings. The number of aromatic nitrogens is 2. The van der Waals surface area contributed by atoms with E-state index in [4.69, 9.17) is 11.1 Å². The second-order valence-corrected chi connectivity index (χ2v) is 5.52. The van der Waals surface area contributed by atoms with E-state index in [1.165, 1.54) is 0 Å². The summed E-state index contributed by atoms with van der Waals surface area (Å²) in [5.74, 6) is 1.18. The van der Waals surface area contributed by atoms with Gasteiger partial charge in [0, 0.05) is 26.3 Å². The van der Waals surface area contributed by atoms with E-state index in [1.807, 2.05) is 19.0 Å². The van der Waals surface area contributed by atoms with Gasteiger partial charge >= 0.3 is 0 Å². The lowest BCUT2D eigenvalue weighted by molar-refractivity contribution is 0.962. The molecule has 3 N–H and O–H groups in total. The summed E-state index contributed by atoms with van der Waals surface area (Å²) in [5.41, 5.74) is 5.26. The topological polar surface area (TPSA) is 78.9 Å². The van der Waals surface area contributed by atoms with Gasteiger partial charge in [0.05, 0.1) is 5.84 Å². The van der Waals surface area contributed by atoms with E-state index >= 15 is 0 Å². The van der Waals surface area contributed by atoms with Crippen LogP contribution in [-0.2, 0) is 0 Å². The maximum absolute atomic E-state index is 7.07. The SMILES string of the molecule is CN(C)c1nnc(SCCCC(=N)N)s1. The summed E-state index contributed by atoms with van der Waals surface area (Å²) < 4.78 is 0.974. The van der Waals surface area contributed by atoms with Crippen LogP contribution in [0.15, 0.2) is 4.34 Å². The monoisotopic (exact) mass is 245 g/mol. The highest BCUT2D eigenvalue weighted by Gasteiger charge is 2.05. The van der Waals surface area contributed by atoms with Crippen molar-refractivity contribution in [3.8, 4) is 0 Å². The largest absolute Gasteiger partial charge is 0.388 e. The first-order valence-electron chi connectivity index (χ1n) is 4.56. The molecule has 0 bridgehead atoms. The molecule has 1 aromatic heterocycles. The van der Waals surface area contributed by atoms with Gasteiger partial charge in [0.1, 0.15) is 0 Å². The molecule has 0 radical (unpaired) electrons. The Bertz CT molecular complexity index is 323. The third-order valence-corrected chi connectivity index (χ3v) is 3.90. The number of anilines is 1. The zero-order valence-corrected chi connectivity index (χ0v) is 10.5. The molecular weight excluding hydrogens is 230 g/mol. The van der Waals surface area contributed by atoms with Crippen molar-refractivity contribution >= 4 is 34.1 Å². The van der Waals surface area contributed by atoms with Crippen LogP contribution in [0.4, 0.5) is 5.13 Å². The van der Waals surface area contributed by atoms with E-state index in [0.717, 1.165) is 21.6 Å². The molecule has 0 atom stereocenters. The van der Waals surface area contributed by atoms with Gasteiger partial charge in [0.15, 0.2) is 4.34 Å². The summed E-state index contributed by atoms with van der Waals surface area (Å²) in [6.07, 6.45) is 1.57. The van der Waals surface area contributed by atoms with E-state index in [2.05, 4.69) is 10.2 Å². The van der Waals surface area contributed by atoms with Crippen molar-refractivity contribution in [1.82, 2.24) is 10.2 Å². The molecule has 0 aromatic carbocycles. The van der Waals surface area contributed by atoms with Gasteiger partial charge in [-0.2, -0.15) is 0 Å². The Morgan fingerprint density at radius 3 is 2.80 bits per heavy atom. The lowest BCUT2D eigenvalue weighted by Crippen LogP contribution is -2.08. The maximum atomic E-state index is 7.07. The number of nitrogens with one attached hydrogen (secondary N) is 1. The Kier molecular flexibility index (Phi) is 4.83. The van der Waals surface area contributed by atoms with Crippen LogP contribution in [0.25, 0.3) is 0 Å². The fourth-order valence-electron chi connectivity index (χ4n) is 0.864. The number of hydrogen-bond donors (Lipinski definition) is 2. The fourth-order valence-corrected chi connectivity index (χ4v) is 2.64. The first-order chi connectivity index (χ1) is 7.09. The van der Waals surface area contributed by atoms with E-state index in [0.29, 0.717) is 6.42 Å². The Balaban J connectivity index is 2.28. The van der Waals surface area contributed by atoms with E-state index in [-0.39, 0.29) is 5.84 Å². The number of nitrogens with zero attached hydrogens (tertiary/aromatic N) is 3. The number of hydrogen-bond acceptors (Lipinski definition) is 6. The second kappa shape index (κ2) is 5.92. The van der Waals surface area contributed by atoms with E-state index in [9.17, 15) is 0 Å². The molecule has 1 rings (SSSR count). The lowest BCUT2D eigenvalue weighted by atomic mass is 10.3. The fraction of sp³-hybridized carbons (Fsp3) is 0.625. The molecule has 0 aliphatic carbocycles. The van der Waals surface area contributed by atoms with Gasteiger partial charge in [-0.1, -0.05) is 23.1 Å². The molecular formula is C8H15N5S2. The van der Waals surface area contributed by atoms with Crippen LogP contribution in [0.3, 0.4) is 0 Å². The van der Waals surface area contributed by atoms with E-state index in [1.54, 1.807) is 23.1 Å². The highest BCUT2D eigenvalue weighted by atomic mass is 32.2. The number of rotatable bonds is 6. The summed E-state index contributed by atoms with van der Waals surface area (Å²) in [7, 11) is 3.90. The van der Waals surface area contributed by atoms with Crippen LogP contribution in [0.5, 0.6) is 0 Å². The third-order valence-electron chi connectivity index (χ3n) is 1.59. The standard InChI is InChI=1S/C8H15N5S2/c1-13(2)7-11-12-8(15-7)14-5-3-4-6(9)10/h3-5H2,1-2H3,(H3,9,10). The van der Waals surface area contributed by atoms with Gasteiger partial charge in [-0.3, -0.25) is 5.41 Å². The molecule has 0 unspecified atom stereocenters.